The molecule has 0 aromatic heterocycles. The highest BCUT2D eigenvalue weighted by Crippen LogP contribution is 2.32. The van der Waals surface area contributed by atoms with E-state index in [1.807, 2.05) is 37.3 Å². The number of rotatable bonds is 12. The summed E-state index contributed by atoms with van der Waals surface area (Å²) in [4.78, 5) is 12.7. The minimum Gasteiger partial charge on any atom is -0.293 e. The fourth-order valence-corrected chi connectivity index (χ4v) is 3.23. The van der Waals surface area contributed by atoms with E-state index in [1.165, 1.54) is 51.4 Å². The van der Waals surface area contributed by atoms with Crippen molar-refractivity contribution in [3.05, 3.63) is 35.9 Å². The highest BCUT2D eigenvalue weighted by molar-refractivity contribution is 7.82. The molecule has 0 spiro atoms. The van der Waals surface area contributed by atoms with Crippen molar-refractivity contribution in [1.82, 2.24) is 0 Å². The molecule has 1 nitrogen and oxygen atoms in total. The first-order valence-electron chi connectivity index (χ1n) is 9.32. The molecule has 0 bridgehead atoms. The van der Waals surface area contributed by atoms with Crippen LogP contribution >= 0.6 is 12.6 Å². The van der Waals surface area contributed by atoms with E-state index in [1.54, 1.807) is 0 Å². The lowest BCUT2D eigenvalue weighted by Crippen LogP contribution is -2.36. The van der Waals surface area contributed by atoms with Crippen LogP contribution in [0.5, 0.6) is 0 Å². The molecule has 1 rings (SSSR count). The van der Waals surface area contributed by atoms with E-state index >= 15 is 0 Å². The second kappa shape index (κ2) is 10.9. The van der Waals surface area contributed by atoms with Gasteiger partial charge in [-0.3, -0.25) is 4.79 Å². The van der Waals surface area contributed by atoms with E-state index in [0.29, 0.717) is 5.92 Å². The summed E-state index contributed by atoms with van der Waals surface area (Å²) >= 11 is 4.72. The number of benzene rings is 1. The van der Waals surface area contributed by atoms with Crippen molar-refractivity contribution in [2.24, 2.45) is 5.92 Å². The van der Waals surface area contributed by atoms with Crippen molar-refractivity contribution in [3.8, 4) is 0 Å². The van der Waals surface area contributed by atoms with E-state index in [4.69, 9.17) is 12.6 Å². The zero-order valence-electron chi connectivity index (χ0n) is 15.2. The molecule has 23 heavy (non-hydrogen) atoms. The summed E-state index contributed by atoms with van der Waals surface area (Å²) in [6.07, 6.45) is 11.7. The Morgan fingerprint density at radius 2 is 1.52 bits per heavy atom. The molecule has 0 N–H and O–H groups in total. The molecule has 0 aliphatic heterocycles. The highest BCUT2D eigenvalue weighted by Gasteiger charge is 2.35. The average molecular weight is 335 g/mol. The molecule has 2 heteroatoms. The zero-order chi connectivity index (χ0) is 17.1. The predicted molar refractivity (Wildman–Crippen MR) is 105 cm³/mol. The van der Waals surface area contributed by atoms with Gasteiger partial charge in [-0.15, -0.1) is 0 Å². The van der Waals surface area contributed by atoms with Crippen LogP contribution < -0.4 is 0 Å². The summed E-state index contributed by atoms with van der Waals surface area (Å²) in [5.74, 6) is 0.437. The van der Waals surface area contributed by atoms with Crippen LogP contribution in [0, 0.1) is 5.92 Å². The van der Waals surface area contributed by atoms with E-state index in [0.717, 1.165) is 12.0 Å². The molecular weight excluding hydrogens is 300 g/mol. The molecule has 0 fully saturated rings. The number of hydrogen-bond acceptors (Lipinski definition) is 2. The third kappa shape index (κ3) is 7.12. The number of thiol groups is 1. The van der Waals surface area contributed by atoms with Gasteiger partial charge in [-0.1, -0.05) is 95.5 Å². The van der Waals surface area contributed by atoms with Gasteiger partial charge in [-0.2, -0.15) is 12.6 Å². The van der Waals surface area contributed by atoms with Gasteiger partial charge in [0.15, 0.2) is 5.78 Å². The molecule has 1 aromatic rings. The van der Waals surface area contributed by atoms with E-state index in [-0.39, 0.29) is 5.78 Å². The lowest BCUT2D eigenvalue weighted by molar-refractivity contribution is 0.0919. The topological polar surface area (TPSA) is 17.1 Å². The van der Waals surface area contributed by atoms with Gasteiger partial charge in [0, 0.05) is 5.56 Å². The number of Topliss-reactive ketones (excluding diaryl/α,β-unsaturated/α-hetero) is 1. The minimum absolute atomic E-state index is 0.147. The Hall–Kier alpha value is -0.760. The maximum atomic E-state index is 12.7. The van der Waals surface area contributed by atoms with Crippen molar-refractivity contribution in [2.45, 2.75) is 83.3 Å². The van der Waals surface area contributed by atoms with Crippen LogP contribution in [0.25, 0.3) is 0 Å². The number of hydrogen-bond donors (Lipinski definition) is 1. The standard InChI is InChI=1S/C21H34OS/c1-4-5-6-7-8-9-10-12-15-18(2)21(3,23)20(22)19-16-13-11-14-17-19/h11,13-14,16-18,23H,4-10,12,15H2,1-3H3/t18-,21-/m0/s1. The van der Waals surface area contributed by atoms with Crippen LogP contribution in [0.4, 0.5) is 0 Å². The molecule has 0 heterocycles. The van der Waals surface area contributed by atoms with E-state index in [2.05, 4.69) is 13.8 Å². The SMILES string of the molecule is CCCCCCCCCC[C@H](C)[C@](C)(S)C(=O)c1ccccc1. The molecule has 2 atom stereocenters. The maximum absolute atomic E-state index is 12.7. The van der Waals surface area contributed by atoms with E-state index < -0.39 is 4.75 Å². The molecule has 0 unspecified atom stereocenters. The van der Waals surface area contributed by atoms with Gasteiger partial charge in [-0.05, 0) is 19.3 Å². The van der Waals surface area contributed by atoms with Crippen LogP contribution in [0.15, 0.2) is 30.3 Å². The van der Waals surface area contributed by atoms with Gasteiger partial charge in [0.2, 0.25) is 0 Å². The second-order valence-corrected chi connectivity index (χ2v) is 7.94. The number of carbonyl (C=O) groups excluding carboxylic acids is 1. The summed E-state index contributed by atoms with van der Waals surface area (Å²) in [5.41, 5.74) is 0.771. The average Bonchev–Trinajstić information content (AvgIpc) is 2.57. The first kappa shape index (κ1) is 20.3. The quantitative estimate of drug-likeness (QED) is 0.255. The van der Waals surface area contributed by atoms with Crippen LogP contribution in [0.1, 0.15) is 88.9 Å². The van der Waals surface area contributed by atoms with Crippen molar-refractivity contribution >= 4 is 18.4 Å². The van der Waals surface area contributed by atoms with Crippen LogP contribution in [0.3, 0.4) is 0 Å². The second-order valence-electron chi connectivity index (χ2n) is 7.01. The van der Waals surface area contributed by atoms with Crippen molar-refractivity contribution in [2.75, 3.05) is 0 Å². The molecule has 130 valence electrons. The monoisotopic (exact) mass is 334 g/mol. The normalized spacial score (nSPS) is 15.1. The Labute approximate surface area is 148 Å². The molecule has 0 aliphatic carbocycles. The minimum atomic E-state index is -0.581. The Balaban J connectivity index is 2.30. The van der Waals surface area contributed by atoms with E-state index in [9.17, 15) is 4.79 Å². The lowest BCUT2D eigenvalue weighted by atomic mass is 9.84. The summed E-state index contributed by atoms with van der Waals surface area (Å²) in [6.45, 7) is 6.39. The first-order chi connectivity index (χ1) is 11.0. The van der Waals surface area contributed by atoms with Crippen molar-refractivity contribution < 1.29 is 4.79 Å². The lowest BCUT2D eigenvalue weighted by Gasteiger charge is -2.29. The Bertz CT molecular complexity index is 438. The fraction of sp³-hybridized carbons (Fsp3) is 0.667. The molecule has 0 radical (unpaired) electrons. The number of carbonyl (C=O) groups is 1. The van der Waals surface area contributed by atoms with Gasteiger partial charge >= 0.3 is 0 Å². The van der Waals surface area contributed by atoms with Gasteiger partial charge < -0.3 is 0 Å². The smallest absolute Gasteiger partial charge is 0.178 e. The van der Waals surface area contributed by atoms with Gasteiger partial charge in [0.1, 0.15) is 0 Å². The maximum Gasteiger partial charge on any atom is 0.178 e. The largest absolute Gasteiger partial charge is 0.293 e. The van der Waals surface area contributed by atoms with Crippen molar-refractivity contribution in [3.63, 3.8) is 0 Å². The molecule has 0 saturated heterocycles. The zero-order valence-corrected chi connectivity index (χ0v) is 16.1. The summed E-state index contributed by atoms with van der Waals surface area (Å²) < 4.78 is -0.581. The van der Waals surface area contributed by atoms with Gasteiger partial charge in [-0.25, -0.2) is 0 Å². The number of ketones is 1. The fourth-order valence-electron chi connectivity index (χ4n) is 2.97. The summed E-state index contributed by atoms with van der Waals surface area (Å²) in [5, 5.41) is 0. The summed E-state index contributed by atoms with van der Waals surface area (Å²) in [7, 11) is 0. The van der Waals surface area contributed by atoms with Crippen molar-refractivity contribution in [1.29, 1.82) is 0 Å². The molecular formula is C21H34OS. The first-order valence-corrected chi connectivity index (χ1v) is 9.77. The predicted octanol–water partition coefficient (Wildman–Crippen LogP) is 6.72. The number of unbranched alkanes of at least 4 members (excludes halogenated alkanes) is 7. The third-order valence-electron chi connectivity index (χ3n) is 4.95. The van der Waals surface area contributed by atoms with Crippen LogP contribution in [0.2, 0.25) is 0 Å². The van der Waals surface area contributed by atoms with Gasteiger partial charge in [0.05, 0.1) is 4.75 Å². The molecule has 0 amide bonds. The highest BCUT2D eigenvalue weighted by atomic mass is 32.1. The Morgan fingerprint density at radius 1 is 1.00 bits per heavy atom. The van der Waals surface area contributed by atoms with Crippen LogP contribution in [-0.2, 0) is 0 Å². The molecule has 1 aromatic carbocycles. The molecule has 0 saturated carbocycles. The Kier molecular flexibility index (Phi) is 9.62. The molecule has 0 aliphatic rings. The van der Waals surface area contributed by atoms with Gasteiger partial charge in [0.25, 0.3) is 0 Å². The van der Waals surface area contributed by atoms with Crippen LogP contribution in [-0.4, -0.2) is 10.5 Å². The third-order valence-corrected chi connectivity index (χ3v) is 5.59. The summed E-state index contributed by atoms with van der Waals surface area (Å²) in [6, 6.07) is 9.55. The Morgan fingerprint density at radius 3 is 2.09 bits per heavy atom.